The van der Waals surface area contributed by atoms with Gasteiger partial charge >= 0.3 is 0 Å². The second-order valence-corrected chi connectivity index (χ2v) is 6.92. The van der Waals surface area contributed by atoms with Gasteiger partial charge in [-0.2, -0.15) is 0 Å². The molecule has 2 aromatic rings. The first kappa shape index (κ1) is 16.0. The van der Waals surface area contributed by atoms with Crippen molar-refractivity contribution >= 4 is 27.3 Å². The largest absolute Gasteiger partial charge is 0.322 e. The number of benzene rings is 2. The quantitative estimate of drug-likeness (QED) is 0.910. The minimum atomic E-state index is -3.37. The summed E-state index contributed by atoms with van der Waals surface area (Å²) < 4.78 is 24.9. The molecule has 0 aliphatic rings. The lowest BCUT2D eigenvalue weighted by Gasteiger charge is -2.12. The highest BCUT2D eigenvalue weighted by Gasteiger charge is 2.11. The molecule has 5 nitrogen and oxygen atoms in total. The molecule has 0 saturated heterocycles. The van der Waals surface area contributed by atoms with E-state index >= 15 is 0 Å². The first-order valence-corrected chi connectivity index (χ1v) is 8.61. The van der Waals surface area contributed by atoms with Crippen molar-refractivity contribution in [3.8, 4) is 0 Å². The highest BCUT2D eigenvalue weighted by atomic mass is 32.2. The number of anilines is 2. The van der Waals surface area contributed by atoms with E-state index in [0.29, 0.717) is 11.3 Å². The van der Waals surface area contributed by atoms with Crippen molar-refractivity contribution in [1.29, 1.82) is 0 Å². The maximum Gasteiger partial charge on any atom is 0.255 e. The molecule has 22 heavy (non-hydrogen) atoms. The second-order valence-electron chi connectivity index (χ2n) is 5.18. The molecule has 2 N–H and O–H groups in total. The Hall–Kier alpha value is -2.34. The summed E-state index contributed by atoms with van der Waals surface area (Å²) in [6.45, 7) is 3.84. The van der Waals surface area contributed by atoms with E-state index in [4.69, 9.17) is 0 Å². The van der Waals surface area contributed by atoms with Gasteiger partial charge in [0.25, 0.3) is 5.91 Å². The summed E-state index contributed by atoms with van der Waals surface area (Å²) in [6, 6.07) is 12.1. The van der Waals surface area contributed by atoms with Crippen molar-refractivity contribution in [3.63, 3.8) is 0 Å². The van der Waals surface area contributed by atoms with Crippen molar-refractivity contribution < 1.29 is 13.2 Å². The van der Waals surface area contributed by atoms with E-state index in [1.54, 1.807) is 18.2 Å². The summed E-state index contributed by atoms with van der Waals surface area (Å²) in [4.78, 5) is 12.3. The smallest absolute Gasteiger partial charge is 0.255 e. The molecule has 0 aliphatic heterocycles. The minimum absolute atomic E-state index is 0.283. The molecule has 0 fully saturated rings. The van der Waals surface area contributed by atoms with E-state index in [0.717, 1.165) is 23.1 Å². The van der Waals surface area contributed by atoms with Crippen molar-refractivity contribution in [1.82, 2.24) is 0 Å². The molecule has 0 aliphatic carbocycles. The number of hydrogen-bond donors (Lipinski definition) is 2. The Morgan fingerprint density at radius 2 is 1.59 bits per heavy atom. The van der Waals surface area contributed by atoms with E-state index in [9.17, 15) is 13.2 Å². The number of para-hydroxylation sites is 1. The van der Waals surface area contributed by atoms with Crippen LogP contribution in [0, 0.1) is 13.8 Å². The second kappa shape index (κ2) is 6.19. The number of nitrogens with one attached hydrogen (secondary N) is 2. The molecule has 0 atom stereocenters. The van der Waals surface area contributed by atoms with Gasteiger partial charge < -0.3 is 5.32 Å². The van der Waals surface area contributed by atoms with Gasteiger partial charge in [0, 0.05) is 16.9 Å². The molecule has 0 unspecified atom stereocenters. The Morgan fingerprint density at radius 1 is 1.00 bits per heavy atom. The fourth-order valence-corrected chi connectivity index (χ4v) is 2.69. The van der Waals surface area contributed by atoms with E-state index in [-0.39, 0.29) is 5.91 Å². The maximum atomic E-state index is 12.3. The van der Waals surface area contributed by atoms with Crippen molar-refractivity contribution in [2.24, 2.45) is 0 Å². The van der Waals surface area contributed by atoms with Crippen molar-refractivity contribution in [2.75, 3.05) is 16.3 Å². The van der Waals surface area contributed by atoms with E-state index in [2.05, 4.69) is 10.0 Å². The number of hydrogen-bond acceptors (Lipinski definition) is 3. The van der Waals surface area contributed by atoms with E-state index in [1.165, 1.54) is 6.07 Å². The SMILES string of the molecule is Cc1cccc(C)c1NC(=O)c1cccc(NS(C)(=O)=O)c1. The van der Waals surface area contributed by atoms with Crippen LogP contribution < -0.4 is 10.0 Å². The molecule has 2 aromatic carbocycles. The molecule has 6 heteroatoms. The Kier molecular flexibility index (Phi) is 4.51. The summed E-state index contributed by atoms with van der Waals surface area (Å²) in [5.74, 6) is -0.283. The molecule has 0 aromatic heterocycles. The van der Waals surface area contributed by atoms with Gasteiger partial charge in [-0.3, -0.25) is 9.52 Å². The van der Waals surface area contributed by atoms with Crippen LogP contribution in [0.3, 0.4) is 0 Å². The minimum Gasteiger partial charge on any atom is -0.322 e. The third-order valence-corrected chi connectivity index (χ3v) is 3.75. The Balaban J connectivity index is 2.25. The summed E-state index contributed by atoms with van der Waals surface area (Å²) >= 11 is 0. The lowest BCUT2D eigenvalue weighted by molar-refractivity contribution is 0.102. The van der Waals surface area contributed by atoms with Crippen LogP contribution in [0.1, 0.15) is 21.5 Å². The van der Waals surface area contributed by atoms with E-state index < -0.39 is 10.0 Å². The molecule has 0 bridgehead atoms. The number of aryl methyl sites for hydroxylation is 2. The van der Waals surface area contributed by atoms with Crippen LogP contribution in [0.2, 0.25) is 0 Å². The first-order valence-electron chi connectivity index (χ1n) is 6.72. The zero-order valence-corrected chi connectivity index (χ0v) is 13.5. The topological polar surface area (TPSA) is 75.3 Å². The lowest BCUT2D eigenvalue weighted by atomic mass is 10.1. The molecular formula is C16H18N2O3S. The van der Waals surface area contributed by atoms with Gasteiger partial charge in [-0.15, -0.1) is 0 Å². The number of rotatable bonds is 4. The molecule has 1 amide bonds. The zero-order valence-electron chi connectivity index (χ0n) is 12.7. The van der Waals surface area contributed by atoms with Crippen LogP contribution in [0.4, 0.5) is 11.4 Å². The fourth-order valence-electron chi connectivity index (χ4n) is 2.14. The Morgan fingerprint density at radius 3 is 2.18 bits per heavy atom. The van der Waals surface area contributed by atoms with Crippen LogP contribution in [-0.2, 0) is 10.0 Å². The maximum absolute atomic E-state index is 12.3. The molecule has 116 valence electrons. The van der Waals surface area contributed by atoms with Crippen LogP contribution >= 0.6 is 0 Å². The standard InChI is InChI=1S/C16H18N2O3S/c1-11-6-4-7-12(2)15(11)17-16(19)13-8-5-9-14(10-13)18-22(3,20)21/h4-10,18H,1-3H3,(H,17,19). The highest BCUT2D eigenvalue weighted by Crippen LogP contribution is 2.21. The number of sulfonamides is 1. The highest BCUT2D eigenvalue weighted by molar-refractivity contribution is 7.92. The number of carbonyl (C=O) groups excluding carboxylic acids is 1. The van der Waals surface area contributed by atoms with Crippen LogP contribution in [0.25, 0.3) is 0 Å². The lowest BCUT2D eigenvalue weighted by Crippen LogP contribution is -2.15. The first-order chi connectivity index (χ1) is 10.3. The van der Waals surface area contributed by atoms with Gasteiger partial charge in [-0.05, 0) is 43.2 Å². The van der Waals surface area contributed by atoms with Gasteiger partial charge in [0.05, 0.1) is 6.26 Å². The molecule has 0 saturated carbocycles. The summed E-state index contributed by atoms with van der Waals surface area (Å²) in [5, 5.41) is 2.87. The predicted octanol–water partition coefficient (Wildman–Crippen LogP) is 2.93. The predicted molar refractivity (Wildman–Crippen MR) is 88.8 cm³/mol. The third-order valence-electron chi connectivity index (χ3n) is 3.15. The summed E-state index contributed by atoms with van der Waals surface area (Å²) in [5.41, 5.74) is 3.46. The summed E-state index contributed by atoms with van der Waals surface area (Å²) in [7, 11) is -3.37. The normalized spacial score (nSPS) is 11.0. The zero-order chi connectivity index (χ0) is 16.3. The molecule has 0 radical (unpaired) electrons. The van der Waals surface area contributed by atoms with Gasteiger partial charge in [-0.25, -0.2) is 8.42 Å². The molecular weight excluding hydrogens is 300 g/mol. The number of carbonyl (C=O) groups is 1. The van der Waals surface area contributed by atoms with Gasteiger partial charge in [0.15, 0.2) is 0 Å². The molecule has 0 spiro atoms. The van der Waals surface area contributed by atoms with Crippen LogP contribution in [0.5, 0.6) is 0 Å². The Labute approximate surface area is 130 Å². The average molecular weight is 318 g/mol. The van der Waals surface area contributed by atoms with Crippen LogP contribution in [0.15, 0.2) is 42.5 Å². The number of amides is 1. The Bertz CT molecular complexity index is 794. The monoisotopic (exact) mass is 318 g/mol. The van der Waals surface area contributed by atoms with Gasteiger partial charge in [0.2, 0.25) is 10.0 Å². The van der Waals surface area contributed by atoms with Crippen molar-refractivity contribution in [2.45, 2.75) is 13.8 Å². The average Bonchev–Trinajstić information content (AvgIpc) is 2.41. The van der Waals surface area contributed by atoms with Crippen LogP contribution in [-0.4, -0.2) is 20.6 Å². The van der Waals surface area contributed by atoms with Gasteiger partial charge in [-0.1, -0.05) is 24.3 Å². The summed E-state index contributed by atoms with van der Waals surface area (Å²) in [6.07, 6.45) is 1.07. The van der Waals surface area contributed by atoms with Gasteiger partial charge in [0.1, 0.15) is 0 Å². The third kappa shape index (κ3) is 4.08. The molecule has 2 rings (SSSR count). The van der Waals surface area contributed by atoms with E-state index in [1.807, 2.05) is 32.0 Å². The fraction of sp³-hybridized carbons (Fsp3) is 0.188. The van der Waals surface area contributed by atoms with Crippen molar-refractivity contribution in [3.05, 3.63) is 59.2 Å². The molecule has 0 heterocycles.